The van der Waals surface area contributed by atoms with E-state index in [2.05, 4.69) is 6.92 Å². The second kappa shape index (κ2) is 11.5. The van der Waals surface area contributed by atoms with Gasteiger partial charge in [0.05, 0.1) is 18.6 Å². The number of unbranched alkanes of at least 4 members (excludes halogenated alkanes) is 6. The van der Waals surface area contributed by atoms with Crippen molar-refractivity contribution in [2.24, 2.45) is 5.73 Å². The Bertz CT molecular complexity index is 209. The predicted molar refractivity (Wildman–Crippen MR) is 73.1 cm³/mol. The van der Waals surface area contributed by atoms with E-state index < -0.39 is 18.1 Å². The van der Waals surface area contributed by atoms with Gasteiger partial charge in [-0.25, -0.2) is 0 Å². The molecule has 0 bridgehead atoms. The number of aliphatic hydroxyl groups is 2. The molecule has 0 fully saturated rings. The number of hydrogen-bond acceptors (Lipinski definition) is 3. The third-order valence-electron chi connectivity index (χ3n) is 3.12. The lowest BCUT2D eigenvalue weighted by Crippen LogP contribution is -2.24. The highest BCUT2D eigenvalue weighted by Crippen LogP contribution is 2.12. The van der Waals surface area contributed by atoms with Crippen LogP contribution in [0.3, 0.4) is 0 Å². The third-order valence-corrected chi connectivity index (χ3v) is 3.12. The fraction of sp³-hybridized carbons (Fsp3) is 0.929. The number of hydrogen-bond donors (Lipinski definition) is 3. The molecule has 4 heteroatoms. The lowest BCUT2D eigenvalue weighted by atomic mass is 10.0. The van der Waals surface area contributed by atoms with Crippen molar-refractivity contribution in [3.63, 3.8) is 0 Å². The number of primary amides is 1. The molecular weight excluding hydrogens is 230 g/mol. The van der Waals surface area contributed by atoms with E-state index in [0.29, 0.717) is 6.42 Å². The van der Waals surface area contributed by atoms with Crippen LogP contribution in [0, 0.1) is 0 Å². The molecule has 4 nitrogen and oxygen atoms in total. The second-order valence-electron chi connectivity index (χ2n) is 5.12. The van der Waals surface area contributed by atoms with Crippen molar-refractivity contribution in [3.05, 3.63) is 0 Å². The molecule has 18 heavy (non-hydrogen) atoms. The first-order valence-corrected chi connectivity index (χ1v) is 7.20. The summed E-state index contributed by atoms with van der Waals surface area (Å²) in [4.78, 5) is 10.6. The first kappa shape index (κ1) is 17.4. The van der Waals surface area contributed by atoms with Gasteiger partial charge >= 0.3 is 0 Å². The minimum Gasteiger partial charge on any atom is -0.393 e. The van der Waals surface area contributed by atoms with E-state index in [0.717, 1.165) is 12.8 Å². The van der Waals surface area contributed by atoms with Crippen LogP contribution in [0.4, 0.5) is 0 Å². The van der Waals surface area contributed by atoms with Gasteiger partial charge in [0.25, 0.3) is 0 Å². The zero-order valence-electron chi connectivity index (χ0n) is 11.6. The monoisotopic (exact) mass is 259 g/mol. The number of nitrogens with two attached hydrogens (primary N) is 1. The number of rotatable bonds is 12. The molecule has 0 aliphatic rings. The van der Waals surface area contributed by atoms with Crippen molar-refractivity contribution in [3.8, 4) is 0 Å². The summed E-state index contributed by atoms with van der Waals surface area (Å²) in [5.41, 5.74) is 4.97. The summed E-state index contributed by atoms with van der Waals surface area (Å²) in [7, 11) is 0. The van der Waals surface area contributed by atoms with Crippen molar-refractivity contribution >= 4 is 5.91 Å². The molecule has 0 spiro atoms. The standard InChI is InChI=1S/C14H29NO3/c1-2-3-4-5-6-7-8-9-12(16)10-13(17)11-14(15)18/h12-13,16-17H,2-11H2,1H3,(H2,15,18)/t12?,13-/m1/s1. The largest absolute Gasteiger partial charge is 0.393 e. The van der Waals surface area contributed by atoms with Gasteiger partial charge < -0.3 is 15.9 Å². The van der Waals surface area contributed by atoms with Gasteiger partial charge in [-0.3, -0.25) is 4.79 Å². The molecule has 0 heterocycles. The van der Waals surface area contributed by atoms with E-state index in [4.69, 9.17) is 5.73 Å². The maximum Gasteiger partial charge on any atom is 0.220 e. The lowest BCUT2D eigenvalue weighted by molar-refractivity contribution is -0.120. The number of carbonyl (C=O) groups excluding carboxylic acids is 1. The molecule has 108 valence electrons. The highest BCUT2D eigenvalue weighted by atomic mass is 16.3. The number of amides is 1. The SMILES string of the molecule is CCCCCCCCCC(O)C[C@@H](O)CC(N)=O. The maximum absolute atomic E-state index is 10.6. The Labute approximate surface area is 111 Å². The van der Waals surface area contributed by atoms with Gasteiger partial charge in [0.15, 0.2) is 0 Å². The molecule has 1 amide bonds. The summed E-state index contributed by atoms with van der Waals surface area (Å²) in [6.07, 6.45) is 8.04. The summed E-state index contributed by atoms with van der Waals surface area (Å²) in [5.74, 6) is -0.523. The molecule has 2 atom stereocenters. The molecule has 0 aromatic heterocycles. The average Bonchev–Trinajstić information content (AvgIpc) is 2.26. The fourth-order valence-corrected chi connectivity index (χ4v) is 2.08. The second-order valence-corrected chi connectivity index (χ2v) is 5.12. The summed E-state index contributed by atoms with van der Waals surface area (Å²) in [5, 5.41) is 19.1. The van der Waals surface area contributed by atoms with Crippen LogP contribution in [-0.4, -0.2) is 28.3 Å². The van der Waals surface area contributed by atoms with Crippen molar-refractivity contribution in [1.29, 1.82) is 0 Å². The van der Waals surface area contributed by atoms with Crippen LogP contribution >= 0.6 is 0 Å². The summed E-state index contributed by atoms with van der Waals surface area (Å²) >= 11 is 0. The number of aliphatic hydroxyl groups excluding tert-OH is 2. The van der Waals surface area contributed by atoms with E-state index in [1.807, 2.05) is 0 Å². The molecule has 0 aromatic rings. The minimum absolute atomic E-state index is 0.0614. The summed E-state index contributed by atoms with van der Waals surface area (Å²) in [6, 6.07) is 0. The van der Waals surface area contributed by atoms with Crippen LogP contribution in [0.15, 0.2) is 0 Å². The molecule has 0 saturated heterocycles. The Morgan fingerprint density at radius 3 is 2.11 bits per heavy atom. The Morgan fingerprint density at radius 2 is 1.56 bits per heavy atom. The summed E-state index contributed by atoms with van der Waals surface area (Å²) in [6.45, 7) is 2.20. The van der Waals surface area contributed by atoms with E-state index >= 15 is 0 Å². The van der Waals surface area contributed by atoms with Gasteiger partial charge in [0, 0.05) is 0 Å². The van der Waals surface area contributed by atoms with Gasteiger partial charge in [-0.1, -0.05) is 51.9 Å². The van der Waals surface area contributed by atoms with E-state index in [1.165, 1.54) is 32.1 Å². The third kappa shape index (κ3) is 11.9. The van der Waals surface area contributed by atoms with Crippen LogP contribution in [0.1, 0.15) is 71.1 Å². The van der Waals surface area contributed by atoms with E-state index in [-0.39, 0.29) is 12.8 Å². The van der Waals surface area contributed by atoms with Gasteiger partial charge in [0.2, 0.25) is 5.91 Å². The first-order chi connectivity index (χ1) is 8.56. The van der Waals surface area contributed by atoms with Crippen molar-refractivity contribution < 1.29 is 15.0 Å². The molecule has 0 aromatic carbocycles. The van der Waals surface area contributed by atoms with E-state index in [1.54, 1.807) is 0 Å². The van der Waals surface area contributed by atoms with Gasteiger partial charge in [-0.2, -0.15) is 0 Å². The smallest absolute Gasteiger partial charge is 0.220 e. The van der Waals surface area contributed by atoms with Crippen molar-refractivity contribution in [2.45, 2.75) is 83.3 Å². The highest BCUT2D eigenvalue weighted by Gasteiger charge is 2.13. The van der Waals surface area contributed by atoms with Crippen LogP contribution in [0.5, 0.6) is 0 Å². The molecular formula is C14H29NO3. The molecule has 0 rings (SSSR count). The van der Waals surface area contributed by atoms with Gasteiger partial charge in [-0.05, 0) is 12.8 Å². The zero-order chi connectivity index (χ0) is 13.8. The average molecular weight is 259 g/mol. The van der Waals surface area contributed by atoms with Crippen LogP contribution < -0.4 is 5.73 Å². The quantitative estimate of drug-likeness (QED) is 0.469. The van der Waals surface area contributed by atoms with Crippen molar-refractivity contribution in [1.82, 2.24) is 0 Å². The van der Waals surface area contributed by atoms with Gasteiger partial charge in [-0.15, -0.1) is 0 Å². The lowest BCUT2D eigenvalue weighted by Gasteiger charge is -2.14. The zero-order valence-corrected chi connectivity index (χ0v) is 11.6. The molecule has 4 N–H and O–H groups in total. The van der Waals surface area contributed by atoms with Crippen molar-refractivity contribution in [2.75, 3.05) is 0 Å². The van der Waals surface area contributed by atoms with Crippen LogP contribution in [0.25, 0.3) is 0 Å². The topological polar surface area (TPSA) is 83.6 Å². The molecule has 1 unspecified atom stereocenters. The summed E-state index contributed by atoms with van der Waals surface area (Å²) < 4.78 is 0. The Hall–Kier alpha value is -0.610. The van der Waals surface area contributed by atoms with Crippen LogP contribution in [0.2, 0.25) is 0 Å². The Balaban J connectivity index is 3.36. The first-order valence-electron chi connectivity index (χ1n) is 7.20. The predicted octanol–water partition coefficient (Wildman–Crippen LogP) is 2.11. The van der Waals surface area contributed by atoms with E-state index in [9.17, 15) is 15.0 Å². The van der Waals surface area contributed by atoms with Crippen LogP contribution in [-0.2, 0) is 4.79 Å². The Kier molecular flexibility index (Phi) is 11.1. The normalized spacial score (nSPS) is 14.4. The Morgan fingerprint density at radius 1 is 1.00 bits per heavy atom. The molecule has 0 aliphatic heterocycles. The fourth-order valence-electron chi connectivity index (χ4n) is 2.08. The molecule has 0 saturated carbocycles. The van der Waals surface area contributed by atoms with Gasteiger partial charge in [0.1, 0.15) is 0 Å². The molecule has 0 radical (unpaired) electrons. The minimum atomic E-state index is -0.804. The molecule has 0 aliphatic carbocycles. The maximum atomic E-state index is 10.6. The highest BCUT2D eigenvalue weighted by molar-refractivity contribution is 5.74. The number of carbonyl (C=O) groups is 1.